The van der Waals surface area contributed by atoms with Crippen LogP contribution in [0.5, 0.6) is 11.5 Å². The second kappa shape index (κ2) is 7.31. The van der Waals surface area contributed by atoms with E-state index in [4.69, 9.17) is 14.6 Å². The van der Waals surface area contributed by atoms with Crippen LogP contribution in [0.3, 0.4) is 0 Å². The van der Waals surface area contributed by atoms with Crippen LogP contribution in [-0.2, 0) is 11.2 Å². The Bertz CT molecular complexity index is 668. The van der Waals surface area contributed by atoms with E-state index >= 15 is 0 Å². The van der Waals surface area contributed by atoms with Crippen molar-refractivity contribution in [2.24, 2.45) is 0 Å². The molecule has 1 amide bonds. The van der Waals surface area contributed by atoms with E-state index in [1.807, 2.05) is 17.9 Å². The summed E-state index contributed by atoms with van der Waals surface area (Å²) < 4.78 is 11.1. The van der Waals surface area contributed by atoms with Crippen LogP contribution in [0.15, 0.2) is 12.1 Å². The van der Waals surface area contributed by atoms with Gasteiger partial charge in [-0.05, 0) is 31.9 Å². The van der Waals surface area contributed by atoms with Crippen LogP contribution in [0.25, 0.3) is 0 Å². The SMILES string of the molecule is COc1cc(C(=O)NC2CCN(CC(=O)O)CC2)cc2c1OC(C)C2. The topological polar surface area (TPSA) is 88.1 Å². The fourth-order valence-electron chi connectivity index (χ4n) is 3.48. The van der Waals surface area contributed by atoms with E-state index in [2.05, 4.69) is 5.32 Å². The van der Waals surface area contributed by atoms with Crippen molar-refractivity contribution in [3.63, 3.8) is 0 Å². The summed E-state index contributed by atoms with van der Waals surface area (Å²) in [6.45, 7) is 3.40. The van der Waals surface area contributed by atoms with Crippen LogP contribution in [0.1, 0.15) is 35.7 Å². The van der Waals surface area contributed by atoms with E-state index in [1.165, 1.54) is 0 Å². The highest BCUT2D eigenvalue weighted by Crippen LogP contribution is 2.38. The Morgan fingerprint density at radius 3 is 2.72 bits per heavy atom. The third-order valence-electron chi connectivity index (χ3n) is 4.72. The third-order valence-corrected chi connectivity index (χ3v) is 4.72. The van der Waals surface area contributed by atoms with Crippen LogP contribution < -0.4 is 14.8 Å². The van der Waals surface area contributed by atoms with Gasteiger partial charge in [0, 0.05) is 36.7 Å². The number of hydrogen-bond donors (Lipinski definition) is 2. The van der Waals surface area contributed by atoms with Gasteiger partial charge in [-0.25, -0.2) is 0 Å². The number of amides is 1. The van der Waals surface area contributed by atoms with Gasteiger partial charge in [0.15, 0.2) is 11.5 Å². The Hall–Kier alpha value is -2.28. The molecule has 1 saturated heterocycles. The molecule has 1 atom stereocenters. The molecule has 1 aromatic rings. The Kier molecular flexibility index (Phi) is 5.13. The maximum atomic E-state index is 12.6. The van der Waals surface area contributed by atoms with E-state index in [1.54, 1.807) is 13.2 Å². The number of likely N-dealkylation sites (tertiary alicyclic amines) is 1. The number of methoxy groups -OCH3 is 1. The maximum absolute atomic E-state index is 12.6. The van der Waals surface area contributed by atoms with E-state index < -0.39 is 5.97 Å². The first kappa shape index (κ1) is 17.5. The van der Waals surface area contributed by atoms with Gasteiger partial charge in [0.1, 0.15) is 6.10 Å². The molecule has 0 saturated carbocycles. The van der Waals surface area contributed by atoms with Gasteiger partial charge in [-0.3, -0.25) is 14.5 Å². The van der Waals surface area contributed by atoms with E-state index in [9.17, 15) is 9.59 Å². The lowest BCUT2D eigenvalue weighted by atomic mass is 10.0. The van der Waals surface area contributed by atoms with Gasteiger partial charge in [-0.1, -0.05) is 0 Å². The van der Waals surface area contributed by atoms with Gasteiger partial charge in [-0.15, -0.1) is 0 Å². The molecule has 0 aliphatic carbocycles. The molecule has 0 aromatic heterocycles. The average molecular weight is 348 g/mol. The van der Waals surface area contributed by atoms with Gasteiger partial charge < -0.3 is 19.9 Å². The van der Waals surface area contributed by atoms with E-state index in [0.29, 0.717) is 24.4 Å². The summed E-state index contributed by atoms with van der Waals surface area (Å²) >= 11 is 0. The number of carboxylic acid groups (broad SMARTS) is 1. The molecule has 0 spiro atoms. The summed E-state index contributed by atoms with van der Waals surface area (Å²) in [7, 11) is 1.57. The van der Waals surface area contributed by atoms with Crippen molar-refractivity contribution in [3.05, 3.63) is 23.3 Å². The van der Waals surface area contributed by atoms with Crippen molar-refractivity contribution in [3.8, 4) is 11.5 Å². The predicted octanol–water partition coefficient (Wildman–Crippen LogP) is 1.30. The molecule has 0 bridgehead atoms. The van der Waals surface area contributed by atoms with Gasteiger partial charge in [-0.2, -0.15) is 0 Å². The number of ether oxygens (including phenoxy) is 2. The Morgan fingerprint density at radius 2 is 2.08 bits per heavy atom. The zero-order valence-electron chi connectivity index (χ0n) is 14.6. The van der Waals surface area contributed by atoms with Gasteiger partial charge >= 0.3 is 5.97 Å². The smallest absolute Gasteiger partial charge is 0.317 e. The quantitative estimate of drug-likeness (QED) is 0.834. The minimum absolute atomic E-state index is 0.0564. The number of carboxylic acids is 1. The Labute approximate surface area is 146 Å². The third kappa shape index (κ3) is 4.04. The number of carbonyl (C=O) groups is 2. The van der Waals surface area contributed by atoms with Crippen molar-refractivity contribution in [1.82, 2.24) is 10.2 Å². The second-order valence-electron chi connectivity index (χ2n) is 6.72. The standard InChI is InChI=1S/C18H24N2O5/c1-11-7-12-8-13(9-15(24-2)17(12)25-11)18(23)19-14-3-5-20(6-4-14)10-16(21)22/h8-9,11,14H,3-7,10H2,1-2H3,(H,19,23)(H,21,22). The summed E-state index contributed by atoms with van der Waals surface area (Å²) in [5.74, 6) is 0.373. The number of piperidine rings is 1. The van der Waals surface area contributed by atoms with Gasteiger partial charge in [0.2, 0.25) is 0 Å². The molecule has 0 radical (unpaired) electrons. The maximum Gasteiger partial charge on any atom is 0.317 e. The number of nitrogens with one attached hydrogen (secondary N) is 1. The fourth-order valence-corrected chi connectivity index (χ4v) is 3.48. The van der Waals surface area contributed by atoms with Crippen molar-refractivity contribution >= 4 is 11.9 Å². The highest BCUT2D eigenvalue weighted by atomic mass is 16.5. The summed E-state index contributed by atoms with van der Waals surface area (Å²) in [5, 5.41) is 11.9. The van der Waals surface area contributed by atoms with Crippen LogP contribution in [-0.4, -0.2) is 60.8 Å². The zero-order valence-corrected chi connectivity index (χ0v) is 14.6. The van der Waals surface area contributed by atoms with E-state index in [0.717, 1.165) is 30.6 Å². The van der Waals surface area contributed by atoms with Crippen LogP contribution in [0.4, 0.5) is 0 Å². The molecular formula is C18H24N2O5. The number of rotatable bonds is 5. The fraction of sp³-hybridized carbons (Fsp3) is 0.556. The minimum atomic E-state index is -0.816. The van der Waals surface area contributed by atoms with Crippen LogP contribution in [0.2, 0.25) is 0 Å². The number of nitrogens with zero attached hydrogens (tertiary/aromatic N) is 1. The number of benzene rings is 1. The molecule has 1 aromatic carbocycles. The van der Waals surface area contributed by atoms with Crippen molar-refractivity contribution in [1.29, 1.82) is 0 Å². The van der Waals surface area contributed by atoms with Crippen molar-refractivity contribution in [2.45, 2.75) is 38.3 Å². The molecule has 1 fully saturated rings. The zero-order chi connectivity index (χ0) is 18.0. The average Bonchev–Trinajstić information content (AvgIpc) is 2.95. The Morgan fingerprint density at radius 1 is 1.36 bits per heavy atom. The van der Waals surface area contributed by atoms with Gasteiger partial charge in [0.05, 0.1) is 13.7 Å². The van der Waals surface area contributed by atoms with Crippen molar-refractivity contribution in [2.75, 3.05) is 26.7 Å². The van der Waals surface area contributed by atoms with Crippen molar-refractivity contribution < 1.29 is 24.2 Å². The molecular weight excluding hydrogens is 324 g/mol. The first-order valence-electron chi connectivity index (χ1n) is 8.59. The summed E-state index contributed by atoms with van der Waals surface area (Å²) in [5.41, 5.74) is 1.56. The first-order chi connectivity index (χ1) is 12.0. The normalized spacial score (nSPS) is 20.6. The number of fused-ring (bicyclic) bond motifs is 1. The highest BCUT2D eigenvalue weighted by Gasteiger charge is 2.27. The number of aliphatic carboxylic acids is 1. The molecule has 2 aliphatic rings. The molecule has 7 heteroatoms. The molecule has 7 nitrogen and oxygen atoms in total. The molecule has 2 heterocycles. The molecule has 1 unspecified atom stereocenters. The monoisotopic (exact) mass is 348 g/mol. The lowest BCUT2D eigenvalue weighted by Gasteiger charge is -2.31. The number of carbonyl (C=O) groups excluding carboxylic acids is 1. The highest BCUT2D eigenvalue weighted by molar-refractivity contribution is 5.95. The second-order valence-corrected chi connectivity index (χ2v) is 6.72. The summed E-state index contributed by atoms with van der Waals surface area (Å²) in [4.78, 5) is 25.3. The molecule has 3 rings (SSSR count). The largest absolute Gasteiger partial charge is 0.493 e. The number of hydrogen-bond acceptors (Lipinski definition) is 5. The first-order valence-corrected chi connectivity index (χ1v) is 8.59. The molecule has 2 aliphatic heterocycles. The predicted molar refractivity (Wildman–Crippen MR) is 91.4 cm³/mol. The lowest BCUT2D eigenvalue weighted by Crippen LogP contribution is -2.45. The lowest BCUT2D eigenvalue weighted by molar-refractivity contribution is -0.138. The van der Waals surface area contributed by atoms with Gasteiger partial charge in [0.25, 0.3) is 5.91 Å². The van der Waals surface area contributed by atoms with E-state index in [-0.39, 0.29) is 24.6 Å². The summed E-state index contributed by atoms with van der Waals surface area (Å²) in [6, 6.07) is 3.65. The molecule has 2 N–H and O–H groups in total. The molecule has 25 heavy (non-hydrogen) atoms. The minimum Gasteiger partial charge on any atom is -0.493 e. The van der Waals surface area contributed by atoms with Crippen LogP contribution >= 0.6 is 0 Å². The molecule has 136 valence electrons. The Balaban J connectivity index is 1.63. The van der Waals surface area contributed by atoms with Crippen LogP contribution in [0, 0.1) is 0 Å². The summed E-state index contributed by atoms with van der Waals surface area (Å²) in [6.07, 6.45) is 2.35.